The number of hydrogen-bond donors (Lipinski definition) is 1. The van der Waals surface area contributed by atoms with Gasteiger partial charge >= 0.3 is 5.97 Å². The summed E-state index contributed by atoms with van der Waals surface area (Å²) in [5.74, 6) is -1.33. The number of carboxylic acids is 1. The number of benzene rings is 2. The Morgan fingerprint density at radius 3 is 2.70 bits per heavy atom. The van der Waals surface area contributed by atoms with Crippen molar-refractivity contribution in [3.63, 3.8) is 0 Å². The molecule has 0 saturated carbocycles. The van der Waals surface area contributed by atoms with Crippen LogP contribution in [0.5, 0.6) is 5.75 Å². The molecule has 0 aliphatic carbocycles. The summed E-state index contributed by atoms with van der Waals surface area (Å²) in [5.41, 5.74) is 0.362. The fourth-order valence-corrected chi connectivity index (χ4v) is 2.52. The van der Waals surface area contributed by atoms with Crippen molar-refractivity contribution in [2.24, 2.45) is 0 Å². The van der Waals surface area contributed by atoms with Gasteiger partial charge in [0, 0.05) is 10.0 Å². The first-order valence-electron chi connectivity index (χ1n) is 5.57. The number of aromatic carboxylic acids is 1. The maximum absolute atomic E-state index is 13.6. The van der Waals surface area contributed by atoms with E-state index in [2.05, 4.69) is 31.9 Å². The van der Waals surface area contributed by atoms with Gasteiger partial charge in [-0.3, -0.25) is 0 Å². The van der Waals surface area contributed by atoms with E-state index in [9.17, 15) is 9.18 Å². The molecule has 0 spiro atoms. The van der Waals surface area contributed by atoms with Gasteiger partial charge in [0.2, 0.25) is 0 Å². The lowest BCUT2D eigenvalue weighted by atomic mass is 10.2. The normalized spacial score (nSPS) is 10.3. The monoisotopic (exact) mass is 402 g/mol. The fraction of sp³-hybridized carbons (Fsp3) is 0.0714. The Balaban J connectivity index is 2.27. The van der Waals surface area contributed by atoms with Crippen molar-refractivity contribution in [2.75, 3.05) is 0 Å². The molecule has 2 rings (SSSR count). The van der Waals surface area contributed by atoms with Gasteiger partial charge in [-0.2, -0.15) is 0 Å². The minimum atomic E-state index is -1.10. The molecule has 20 heavy (non-hydrogen) atoms. The molecule has 0 aliphatic heterocycles. The number of carbonyl (C=O) groups is 1. The second-order valence-electron chi connectivity index (χ2n) is 3.95. The number of hydrogen-bond acceptors (Lipinski definition) is 2. The molecular weight excluding hydrogens is 395 g/mol. The molecule has 1 N–H and O–H groups in total. The van der Waals surface area contributed by atoms with E-state index in [-0.39, 0.29) is 17.9 Å². The summed E-state index contributed by atoms with van der Waals surface area (Å²) in [6.07, 6.45) is 0. The fourth-order valence-electron chi connectivity index (χ4n) is 1.63. The van der Waals surface area contributed by atoms with Crippen LogP contribution in [0.2, 0.25) is 0 Å². The van der Waals surface area contributed by atoms with Gasteiger partial charge in [0.25, 0.3) is 0 Å². The standard InChI is InChI=1S/C14H9Br2FO3/c15-9-4-5-12(17)8(6-9)7-20-13-10(14(18)19)2-1-3-11(13)16/h1-6H,7H2,(H,18,19). The topological polar surface area (TPSA) is 46.5 Å². The first kappa shape index (κ1) is 15.0. The second kappa shape index (κ2) is 6.37. The van der Waals surface area contributed by atoms with Gasteiger partial charge in [0.1, 0.15) is 23.7 Å². The van der Waals surface area contributed by atoms with E-state index in [1.807, 2.05) is 0 Å². The first-order valence-corrected chi connectivity index (χ1v) is 7.16. The number of halogens is 3. The predicted octanol–water partition coefficient (Wildman–Crippen LogP) is 4.63. The van der Waals surface area contributed by atoms with E-state index in [1.165, 1.54) is 12.1 Å². The van der Waals surface area contributed by atoms with Crippen LogP contribution in [0.25, 0.3) is 0 Å². The van der Waals surface area contributed by atoms with Crippen LogP contribution in [0.3, 0.4) is 0 Å². The number of rotatable bonds is 4. The van der Waals surface area contributed by atoms with Gasteiger partial charge < -0.3 is 9.84 Å². The third-order valence-corrected chi connectivity index (χ3v) is 3.69. The quantitative estimate of drug-likeness (QED) is 0.809. The summed E-state index contributed by atoms with van der Waals surface area (Å²) in [6, 6.07) is 9.19. The van der Waals surface area contributed by atoms with Crippen LogP contribution in [-0.4, -0.2) is 11.1 Å². The summed E-state index contributed by atoms with van der Waals surface area (Å²) >= 11 is 6.48. The summed E-state index contributed by atoms with van der Waals surface area (Å²) in [4.78, 5) is 11.1. The molecular formula is C14H9Br2FO3. The van der Waals surface area contributed by atoms with E-state index >= 15 is 0 Å². The summed E-state index contributed by atoms with van der Waals surface area (Å²) in [5, 5.41) is 9.10. The molecule has 3 nitrogen and oxygen atoms in total. The van der Waals surface area contributed by atoms with E-state index in [4.69, 9.17) is 9.84 Å². The van der Waals surface area contributed by atoms with Crippen molar-refractivity contribution in [2.45, 2.75) is 6.61 Å². The Kier molecular flexibility index (Phi) is 4.77. The van der Waals surface area contributed by atoms with Crippen molar-refractivity contribution >= 4 is 37.8 Å². The number of carboxylic acid groups (broad SMARTS) is 1. The molecule has 0 atom stereocenters. The highest BCUT2D eigenvalue weighted by Crippen LogP contribution is 2.30. The van der Waals surface area contributed by atoms with Crippen LogP contribution in [0, 0.1) is 5.82 Å². The molecule has 0 amide bonds. The van der Waals surface area contributed by atoms with Crippen molar-refractivity contribution in [1.82, 2.24) is 0 Å². The van der Waals surface area contributed by atoms with E-state index < -0.39 is 11.8 Å². The van der Waals surface area contributed by atoms with E-state index in [0.717, 1.165) is 4.47 Å². The largest absolute Gasteiger partial charge is 0.487 e. The summed E-state index contributed by atoms with van der Waals surface area (Å²) in [7, 11) is 0. The molecule has 104 valence electrons. The van der Waals surface area contributed by atoms with Gasteiger partial charge in [-0.25, -0.2) is 9.18 Å². The molecule has 0 aromatic heterocycles. The van der Waals surface area contributed by atoms with Crippen molar-refractivity contribution in [1.29, 1.82) is 0 Å². The molecule has 0 fully saturated rings. The lowest BCUT2D eigenvalue weighted by molar-refractivity contribution is 0.0691. The van der Waals surface area contributed by atoms with Crippen LogP contribution >= 0.6 is 31.9 Å². The van der Waals surface area contributed by atoms with Crippen LogP contribution < -0.4 is 4.74 Å². The van der Waals surface area contributed by atoms with E-state index in [0.29, 0.717) is 10.0 Å². The maximum atomic E-state index is 13.6. The first-order chi connectivity index (χ1) is 9.49. The van der Waals surface area contributed by atoms with Gasteiger partial charge in [0.15, 0.2) is 0 Å². The Morgan fingerprint density at radius 1 is 1.25 bits per heavy atom. The highest BCUT2D eigenvalue weighted by molar-refractivity contribution is 9.10. The Morgan fingerprint density at radius 2 is 2.00 bits per heavy atom. The van der Waals surface area contributed by atoms with Crippen molar-refractivity contribution < 1.29 is 19.0 Å². The molecule has 0 aliphatic rings. The van der Waals surface area contributed by atoms with Crippen molar-refractivity contribution in [3.8, 4) is 5.75 Å². The third kappa shape index (κ3) is 3.37. The SMILES string of the molecule is O=C(O)c1cccc(Br)c1OCc1cc(Br)ccc1F. The van der Waals surface area contributed by atoms with Gasteiger partial charge in [-0.1, -0.05) is 22.0 Å². The molecule has 0 radical (unpaired) electrons. The Labute approximate surface area is 131 Å². The zero-order valence-corrected chi connectivity index (χ0v) is 13.2. The van der Waals surface area contributed by atoms with Crippen molar-refractivity contribution in [3.05, 3.63) is 62.3 Å². The average molecular weight is 404 g/mol. The third-order valence-electron chi connectivity index (χ3n) is 2.58. The molecule has 6 heteroatoms. The van der Waals surface area contributed by atoms with Gasteiger partial charge in [-0.05, 0) is 46.3 Å². The summed E-state index contributed by atoms with van der Waals surface area (Å²) < 4.78 is 20.3. The van der Waals surface area contributed by atoms with Crippen LogP contribution in [0.1, 0.15) is 15.9 Å². The molecule has 2 aromatic carbocycles. The molecule has 0 saturated heterocycles. The maximum Gasteiger partial charge on any atom is 0.339 e. The van der Waals surface area contributed by atoms with Crippen LogP contribution in [0.15, 0.2) is 45.3 Å². The highest BCUT2D eigenvalue weighted by atomic mass is 79.9. The van der Waals surface area contributed by atoms with E-state index in [1.54, 1.807) is 24.3 Å². The summed E-state index contributed by atoms with van der Waals surface area (Å²) in [6.45, 7) is -0.0613. The molecule has 0 bridgehead atoms. The molecule has 0 heterocycles. The van der Waals surface area contributed by atoms with Crippen LogP contribution in [0.4, 0.5) is 4.39 Å². The van der Waals surface area contributed by atoms with Crippen LogP contribution in [-0.2, 0) is 6.61 Å². The zero-order valence-electron chi connectivity index (χ0n) is 10.1. The minimum Gasteiger partial charge on any atom is -0.487 e. The smallest absolute Gasteiger partial charge is 0.339 e. The molecule has 0 unspecified atom stereocenters. The Hall–Kier alpha value is -1.40. The predicted molar refractivity (Wildman–Crippen MR) is 79.5 cm³/mol. The number of para-hydroxylation sites is 1. The van der Waals surface area contributed by atoms with Gasteiger partial charge in [-0.15, -0.1) is 0 Å². The zero-order chi connectivity index (χ0) is 14.7. The molecule has 2 aromatic rings. The Bertz CT molecular complexity index is 659. The highest BCUT2D eigenvalue weighted by Gasteiger charge is 2.15. The van der Waals surface area contributed by atoms with Gasteiger partial charge in [0.05, 0.1) is 4.47 Å². The number of ether oxygens (including phenoxy) is 1. The lowest BCUT2D eigenvalue weighted by Gasteiger charge is -2.11. The average Bonchev–Trinajstić information content (AvgIpc) is 2.40. The lowest BCUT2D eigenvalue weighted by Crippen LogP contribution is -2.05. The second-order valence-corrected chi connectivity index (χ2v) is 5.72. The minimum absolute atomic E-state index is 0.0229.